The molecule has 0 unspecified atom stereocenters. The van der Waals surface area contributed by atoms with Crippen LogP contribution in [0.5, 0.6) is 0 Å². The predicted molar refractivity (Wildman–Crippen MR) is 106 cm³/mol. The Hall–Kier alpha value is -3.52. The fourth-order valence-corrected chi connectivity index (χ4v) is 3.39. The van der Waals surface area contributed by atoms with Crippen molar-refractivity contribution in [1.82, 2.24) is 24.5 Å². The minimum Gasteiger partial charge on any atom is -0.395 e. The van der Waals surface area contributed by atoms with E-state index in [1.54, 1.807) is 42.0 Å². The van der Waals surface area contributed by atoms with Crippen LogP contribution in [0.4, 0.5) is 4.39 Å². The van der Waals surface area contributed by atoms with Crippen molar-refractivity contribution in [1.29, 1.82) is 0 Å². The van der Waals surface area contributed by atoms with Crippen LogP contribution in [0.2, 0.25) is 0 Å². The smallest absolute Gasteiger partial charge is 0.273 e. The third kappa shape index (κ3) is 3.74. The number of nitrogens with one attached hydrogen (secondary N) is 1. The molecule has 0 saturated heterocycles. The van der Waals surface area contributed by atoms with E-state index in [0.29, 0.717) is 22.6 Å². The van der Waals surface area contributed by atoms with Gasteiger partial charge in [0.1, 0.15) is 17.2 Å². The second kappa shape index (κ2) is 7.84. The number of hydrogen-bond acceptors (Lipinski definition) is 4. The molecular weight excluding hydrogens is 373 g/mol. The van der Waals surface area contributed by atoms with E-state index in [4.69, 9.17) is 0 Å². The number of carbonyl (C=O) groups is 1. The zero-order valence-electron chi connectivity index (χ0n) is 15.8. The number of aryl methyl sites for hydroxylation is 1. The monoisotopic (exact) mass is 393 g/mol. The van der Waals surface area contributed by atoms with Crippen molar-refractivity contribution in [3.63, 3.8) is 0 Å². The lowest BCUT2D eigenvalue weighted by Crippen LogP contribution is -2.34. The fraction of sp³-hybridized carbons (Fsp3) is 0.190. The van der Waals surface area contributed by atoms with Crippen molar-refractivity contribution < 1.29 is 14.3 Å². The van der Waals surface area contributed by atoms with E-state index in [0.717, 1.165) is 11.1 Å². The van der Waals surface area contributed by atoms with Crippen LogP contribution in [0.15, 0.2) is 55.0 Å². The average Bonchev–Trinajstić information content (AvgIpc) is 3.34. The Balaban J connectivity index is 1.69. The molecule has 0 bridgehead atoms. The number of nitrogens with zero attached hydrogens (tertiary/aromatic N) is 4. The number of halogens is 1. The third-order valence-corrected chi connectivity index (χ3v) is 4.75. The molecule has 0 aliphatic carbocycles. The van der Waals surface area contributed by atoms with Gasteiger partial charge in [-0.15, -0.1) is 0 Å². The SMILES string of the molecule is Cc1nc2cc(-c3cn[nH]c3)ccn2c1C(=O)N(CCO)Cc1cccc(F)c1. The summed E-state index contributed by atoms with van der Waals surface area (Å²) in [6.45, 7) is 1.91. The number of amides is 1. The molecule has 2 N–H and O–H groups in total. The van der Waals surface area contributed by atoms with Gasteiger partial charge in [-0.25, -0.2) is 9.37 Å². The van der Waals surface area contributed by atoms with Gasteiger partial charge < -0.3 is 10.0 Å². The molecule has 4 aromatic rings. The number of fused-ring (bicyclic) bond motifs is 1. The van der Waals surface area contributed by atoms with Gasteiger partial charge in [0.15, 0.2) is 0 Å². The molecule has 0 spiro atoms. The molecule has 29 heavy (non-hydrogen) atoms. The second-order valence-electron chi connectivity index (χ2n) is 6.76. The van der Waals surface area contributed by atoms with Crippen molar-refractivity contribution in [3.8, 4) is 11.1 Å². The van der Waals surface area contributed by atoms with E-state index >= 15 is 0 Å². The van der Waals surface area contributed by atoms with Crippen molar-refractivity contribution in [3.05, 3.63) is 77.8 Å². The van der Waals surface area contributed by atoms with Crippen LogP contribution in [-0.4, -0.2) is 48.6 Å². The number of rotatable bonds is 6. The first-order chi connectivity index (χ1) is 14.1. The fourth-order valence-electron chi connectivity index (χ4n) is 3.39. The molecule has 0 fully saturated rings. The Morgan fingerprint density at radius 1 is 1.28 bits per heavy atom. The number of carbonyl (C=O) groups excluding carboxylic acids is 1. The summed E-state index contributed by atoms with van der Waals surface area (Å²) in [5.74, 6) is -0.638. The number of aromatic amines is 1. The number of benzene rings is 1. The summed E-state index contributed by atoms with van der Waals surface area (Å²) in [5, 5.41) is 16.2. The highest BCUT2D eigenvalue weighted by atomic mass is 19.1. The summed E-state index contributed by atoms with van der Waals surface area (Å²) in [6, 6.07) is 9.86. The van der Waals surface area contributed by atoms with Gasteiger partial charge in [-0.1, -0.05) is 12.1 Å². The molecule has 0 saturated carbocycles. The largest absolute Gasteiger partial charge is 0.395 e. The van der Waals surface area contributed by atoms with Crippen LogP contribution in [0, 0.1) is 12.7 Å². The Morgan fingerprint density at radius 3 is 2.86 bits per heavy atom. The summed E-state index contributed by atoms with van der Waals surface area (Å²) >= 11 is 0. The summed E-state index contributed by atoms with van der Waals surface area (Å²) in [5.41, 5.74) is 4.15. The molecule has 0 atom stereocenters. The molecule has 3 aromatic heterocycles. The molecule has 7 nitrogen and oxygen atoms in total. The van der Waals surface area contributed by atoms with E-state index in [2.05, 4.69) is 15.2 Å². The van der Waals surface area contributed by atoms with Gasteiger partial charge in [0.2, 0.25) is 0 Å². The molecule has 3 heterocycles. The van der Waals surface area contributed by atoms with Crippen molar-refractivity contribution >= 4 is 11.6 Å². The molecule has 148 valence electrons. The lowest BCUT2D eigenvalue weighted by molar-refractivity contribution is 0.0700. The van der Waals surface area contributed by atoms with E-state index in [1.165, 1.54) is 17.0 Å². The molecular formula is C21H20FN5O2. The normalized spacial score (nSPS) is 11.1. The maximum absolute atomic E-state index is 13.5. The maximum Gasteiger partial charge on any atom is 0.273 e. The topological polar surface area (TPSA) is 86.5 Å². The van der Waals surface area contributed by atoms with Crippen LogP contribution < -0.4 is 0 Å². The number of aliphatic hydroxyl groups excluding tert-OH is 1. The molecule has 0 aliphatic rings. The van der Waals surface area contributed by atoms with E-state index in [-0.39, 0.29) is 31.4 Å². The van der Waals surface area contributed by atoms with Crippen molar-refractivity contribution in [2.45, 2.75) is 13.5 Å². The molecule has 0 aliphatic heterocycles. The summed E-state index contributed by atoms with van der Waals surface area (Å²) in [7, 11) is 0. The Labute approximate surface area is 166 Å². The first kappa shape index (κ1) is 18.8. The highest BCUT2D eigenvalue weighted by Crippen LogP contribution is 2.22. The van der Waals surface area contributed by atoms with Crippen LogP contribution in [0.25, 0.3) is 16.8 Å². The van der Waals surface area contributed by atoms with Gasteiger partial charge in [-0.3, -0.25) is 14.3 Å². The second-order valence-corrected chi connectivity index (χ2v) is 6.76. The highest BCUT2D eigenvalue weighted by Gasteiger charge is 2.23. The Kier molecular flexibility index (Phi) is 5.09. The average molecular weight is 393 g/mol. The number of hydrogen-bond donors (Lipinski definition) is 2. The Bertz CT molecular complexity index is 1150. The number of aliphatic hydroxyl groups is 1. The predicted octanol–water partition coefficient (Wildman–Crippen LogP) is 2.81. The standard InChI is InChI=1S/C21H20FN5O2/c1-14-20(21(29)26(7-8-28)13-15-3-2-4-18(22)9-15)27-6-5-16(10-19(27)25-14)17-11-23-24-12-17/h2-6,9-12,28H,7-8,13H2,1H3,(H,23,24). The van der Waals surface area contributed by atoms with E-state index < -0.39 is 0 Å². The molecule has 4 rings (SSSR count). The molecule has 0 radical (unpaired) electrons. The van der Waals surface area contributed by atoms with Crippen LogP contribution in [0.1, 0.15) is 21.7 Å². The molecule has 8 heteroatoms. The number of imidazole rings is 1. The zero-order valence-corrected chi connectivity index (χ0v) is 15.8. The van der Waals surface area contributed by atoms with Crippen LogP contribution in [-0.2, 0) is 6.54 Å². The number of H-pyrrole nitrogens is 1. The lowest BCUT2D eigenvalue weighted by atomic mass is 10.1. The van der Waals surface area contributed by atoms with Crippen molar-refractivity contribution in [2.24, 2.45) is 0 Å². The van der Waals surface area contributed by atoms with Gasteiger partial charge >= 0.3 is 0 Å². The summed E-state index contributed by atoms with van der Waals surface area (Å²) in [6.07, 6.45) is 5.30. The van der Waals surface area contributed by atoms with Gasteiger partial charge in [-0.05, 0) is 42.3 Å². The lowest BCUT2D eigenvalue weighted by Gasteiger charge is -2.22. The van der Waals surface area contributed by atoms with Crippen LogP contribution >= 0.6 is 0 Å². The number of aromatic nitrogens is 4. The van der Waals surface area contributed by atoms with Crippen LogP contribution in [0.3, 0.4) is 0 Å². The maximum atomic E-state index is 13.5. The minimum atomic E-state index is -0.364. The number of pyridine rings is 1. The quantitative estimate of drug-likeness (QED) is 0.527. The minimum absolute atomic E-state index is 0.134. The summed E-state index contributed by atoms with van der Waals surface area (Å²) < 4.78 is 15.3. The van der Waals surface area contributed by atoms with Crippen molar-refractivity contribution in [2.75, 3.05) is 13.2 Å². The van der Waals surface area contributed by atoms with Gasteiger partial charge in [0, 0.05) is 31.0 Å². The van der Waals surface area contributed by atoms with Gasteiger partial charge in [0.05, 0.1) is 18.5 Å². The van der Waals surface area contributed by atoms with E-state index in [9.17, 15) is 14.3 Å². The third-order valence-electron chi connectivity index (χ3n) is 4.75. The van der Waals surface area contributed by atoms with E-state index in [1.807, 2.05) is 12.1 Å². The molecule has 1 aromatic carbocycles. The highest BCUT2D eigenvalue weighted by molar-refractivity contribution is 5.95. The van der Waals surface area contributed by atoms with Gasteiger partial charge in [-0.2, -0.15) is 5.10 Å². The first-order valence-electron chi connectivity index (χ1n) is 9.19. The zero-order chi connectivity index (χ0) is 20.4. The summed E-state index contributed by atoms with van der Waals surface area (Å²) in [4.78, 5) is 19.3. The Morgan fingerprint density at radius 2 is 2.14 bits per heavy atom. The first-order valence-corrected chi connectivity index (χ1v) is 9.19. The molecule has 1 amide bonds. The van der Waals surface area contributed by atoms with Gasteiger partial charge in [0.25, 0.3) is 5.91 Å².